The number of aliphatic carboxylic acids is 1. The van der Waals surface area contributed by atoms with Crippen molar-refractivity contribution in [3.63, 3.8) is 0 Å². The first-order chi connectivity index (χ1) is 19.1. The zero-order valence-corrected chi connectivity index (χ0v) is 22.4. The predicted molar refractivity (Wildman–Crippen MR) is 151 cm³/mol. The lowest BCUT2D eigenvalue weighted by atomic mass is 10.0. The molecule has 1 aliphatic heterocycles. The second-order valence-corrected chi connectivity index (χ2v) is 10.4. The number of nitrogens with one attached hydrogen (secondary N) is 2. The van der Waals surface area contributed by atoms with Gasteiger partial charge in [-0.15, -0.1) is 0 Å². The van der Waals surface area contributed by atoms with Crippen molar-refractivity contribution in [2.75, 3.05) is 42.1 Å². The van der Waals surface area contributed by atoms with E-state index in [4.69, 9.17) is 5.73 Å². The van der Waals surface area contributed by atoms with Gasteiger partial charge in [0.25, 0.3) is 5.66 Å². The van der Waals surface area contributed by atoms with Gasteiger partial charge in [-0.25, -0.2) is 9.80 Å². The molecule has 1 saturated carbocycles. The van der Waals surface area contributed by atoms with Gasteiger partial charge < -0.3 is 20.6 Å². The van der Waals surface area contributed by atoms with Crippen molar-refractivity contribution in [1.82, 2.24) is 10.7 Å². The normalized spacial score (nSPS) is 18.9. The molecule has 40 heavy (non-hydrogen) atoms. The molecule has 0 bridgehead atoms. The smallest absolute Gasteiger partial charge is 0.432 e. The van der Waals surface area contributed by atoms with Crippen LogP contribution in [0.2, 0.25) is 0 Å². The standard InChI is InChI=1S/C29H33F3N6O2/c1-36(2)24-12-13-25(23-9-4-3-8-22(23)24)37(18-34-17-19-10-11-19)28(27(39)40)15-26(29(30,31)32)35-38(28)21-7-5-6-20(14-21)16-33/h3-9,12-15,19,34-35H,10-11,16-18,33H2,1-2H3,(H,39,40). The number of benzene rings is 3. The molecule has 0 amide bonds. The quantitative estimate of drug-likeness (QED) is 0.274. The van der Waals surface area contributed by atoms with E-state index in [1.54, 1.807) is 30.3 Å². The third-order valence-corrected chi connectivity index (χ3v) is 7.41. The second kappa shape index (κ2) is 10.5. The number of hydrazine groups is 1. The number of rotatable bonds is 10. The van der Waals surface area contributed by atoms with Crippen molar-refractivity contribution < 1.29 is 23.1 Å². The van der Waals surface area contributed by atoms with Gasteiger partial charge in [-0.2, -0.15) is 13.2 Å². The molecule has 212 valence electrons. The van der Waals surface area contributed by atoms with Crippen LogP contribution in [0, 0.1) is 5.92 Å². The van der Waals surface area contributed by atoms with Gasteiger partial charge in [-0.1, -0.05) is 36.4 Å². The van der Waals surface area contributed by atoms with Crippen LogP contribution in [0.25, 0.3) is 10.8 Å². The minimum absolute atomic E-state index is 0.00942. The number of halogens is 3. The molecular weight excluding hydrogens is 521 g/mol. The Morgan fingerprint density at radius 3 is 2.38 bits per heavy atom. The molecule has 0 saturated heterocycles. The van der Waals surface area contributed by atoms with Gasteiger partial charge in [0.15, 0.2) is 0 Å². The van der Waals surface area contributed by atoms with Crippen molar-refractivity contribution in [2.24, 2.45) is 11.7 Å². The molecule has 2 aliphatic rings. The Morgan fingerprint density at radius 1 is 1.10 bits per heavy atom. The summed E-state index contributed by atoms with van der Waals surface area (Å²) in [7, 11) is 3.81. The average Bonchev–Trinajstić information content (AvgIpc) is 3.66. The summed E-state index contributed by atoms with van der Waals surface area (Å²) in [6, 6.07) is 17.7. The van der Waals surface area contributed by atoms with Crippen molar-refractivity contribution in [3.05, 3.63) is 78.0 Å². The number of nitrogens with two attached hydrogens (primary N) is 1. The predicted octanol–water partition coefficient (Wildman–Crippen LogP) is 4.38. The molecule has 1 unspecified atom stereocenters. The van der Waals surface area contributed by atoms with Crippen molar-refractivity contribution in [1.29, 1.82) is 0 Å². The zero-order valence-electron chi connectivity index (χ0n) is 22.4. The molecule has 1 aliphatic carbocycles. The van der Waals surface area contributed by atoms with Crippen molar-refractivity contribution >= 4 is 33.8 Å². The van der Waals surface area contributed by atoms with Crippen LogP contribution in [-0.2, 0) is 11.3 Å². The van der Waals surface area contributed by atoms with Gasteiger partial charge >= 0.3 is 12.1 Å². The third kappa shape index (κ3) is 5.02. The summed E-state index contributed by atoms with van der Waals surface area (Å²) in [5.74, 6) is -0.998. The van der Waals surface area contributed by atoms with Gasteiger partial charge in [-0.05, 0) is 55.1 Å². The van der Waals surface area contributed by atoms with Crippen LogP contribution in [0.5, 0.6) is 0 Å². The number of carboxylic acids is 1. The summed E-state index contributed by atoms with van der Waals surface area (Å²) in [4.78, 5) is 16.8. The highest BCUT2D eigenvalue weighted by molar-refractivity contribution is 6.04. The highest BCUT2D eigenvalue weighted by Crippen LogP contribution is 2.43. The Bertz CT molecular complexity index is 1440. The Hall–Kier alpha value is -3.96. The molecule has 8 nitrogen and oxygen atoms in total. The highest BCUT2D eigenvalue weighted by Gasteiger charge is 2.57. The van der Waals surface area contributed by atoms with Crippen LogP contribution in [0.3, 0.4) is 0 Å². The van der Waals surface area contributed by atoms with Crippen molar-refractivity contribution in [2.45, 2.75) is 31.2 Å². The average molecular weight is 555 g/mol. The minimum atomic E-state index is -4.81. The van der Waals surface area contributed by atoms with E-state index >= 15 is 0 Å². The Kier molecular flexibility index (Phi) is 7.28. The van der Waals surface area contributed by atoms with Crippen LogP contribution >= 0.6 is 0 Å². The number of carboxylic acid groups (broad SMARTS) is 1. The lowest BCUT2D eigenvalue weighted by molar-refractivity contribution is -0.141. The zero-order chi connectivity index (χ0) is 28.7. The van der Waals surface area contributed by atoms with Gasteiger partial charge in [0.05, 0.1) is 12.4 Å². The fourth-order valence-corrected chi connectivity index (χ4v) is 5.19. The van der Waals surface area contributed by atoms with Gasteiger partial charge in [0, 0.05) is 48.9 Å². The van der Waals surface area contributed by atoms with E-state index in [0.29, 0.717) is 29.1 Å². The van der Waals surface area contributed by atoms with E-state index in [0.717, 1.165) is 35.0 Å². The first kappa shape index (κ1) is 27.6. The van der Waals surface area contributed by atoms with Crippen molar-refractivity contribution in [3.8, 4) is 0 Å². The molecule has 5 rings (SSSR count). The monoisotopic (exact) mass is 554 g/mol. The summed E-state index contributed by atoms with van der Waals surface area (Å²) in [5, 5.41) is 16.8. The number of hydrogen-bond acceptors (Lipinski definition) is 7. The van der Waals surface area contributed by atoms with E-state index in [9.17, 15) is 23.1 Å². The number of nitrogens with zero attached hydrogens (tertiary/aromatic N) is 3. The Morgan fingerprint density at radius 2 is 1.77 bits per heavy atom. The van der Waals surface area contributed by atoms with E-state index in [1.165, 1.54) is 4.90 Å². The van der Waals surface area contributed by atoms with Gasteiger partial charge in [0.1, 0.15) is 5.70 Å². The van der Waals surface area contributed by atoms with E-state index in [-0.39, 0.29) is 18.9 Å². The van der Waals surface area contributed by atoms with E-state index in [2.05, 4.69) is 10.7 Å². The lowest BCUT2D eigenvalue weighted by Gasteiger charge is -2.45. The van der Waals surface area contributed by atoms with Crippen LogP contribution in [0.15, 0.2) is 72.4 Å². The number of anilines is 3. The molecular formula is C29H33F3N6O2. The number of alkyl halides is 3. The minimum Gasteiger partial charge on any atom is -0.478 e. The third-order valence-electron chi connectivity index (χ3n) is 7.41. The second-order valence-electron chi connectivity index (χ2n) is 10.4. The fraction of sp³-hybridized carbons (Fsp3) is 0.345. The molecule has 5 N–H and O–H groups in total. The summed E-state index contributed by atoms with van der Waals surface area (Å²) in [5.41, 5.74) is 7.03. The maximum Gasteiger partial charge on any atom is 0.432 e. The van der Waals surface area contributed by atoms with Crippen LogP contribution in [0.4, 0.5) is 30.2 Å². The molecule has 3 aromatic rings. The summed E-state index contributed by atoms with van der Waals surface area (Å²) in [6.45, 7) is 0.765. The summed E-state index contributed by atoms with van der Waals surface area (Å²) in [6.07, 6.45) is -1.92. The molecule has 1 heterocycles. The Labute approximate surface area is 230 Å². The first-order valence-electron chi connectivity index (χ1n) is 13.1. The fourth-order valence-electron chi connectivity index (χ4n) is 5.19. The topological polar surface area (TPSA) is 97.1 Å². The largest absolute Gasteiger partial charge is 0.478 e. The van der Waals surface area contributed by atoms with Crippen LogP contribution in [-0.4, -0.2) is 50.2 Å². The molecule has 0 radical (unpaired) electrons. The molecule has 11 heteroatoms. The molecule has 1 fully saturated rings. The van der Waals surface area contributed by atoms with Crippen LogP contribution in [0.1, 0.15) is 18.4 Å². The Balaban J connectivity index is 1.75. The number of allylic oxidation sites excluding steroid dienone is 1. The molecule has 1 atom stereocenters. The lowest BCUT2D eigenvalue weighted by Crippen LogP contribution is -2.67. The van der Waals surface area contributed by atoms with E-state index < -0.39 is 23.5 Å². The first-order valence-corrected chi connectivity index (χ1v) is 13.1. The number of hydrogen-bond donors (Lipinski definition) is 4. The van der Waals surface area contributed by atoms with Gasteiger partial charge in [0.2, 0.25) is 0 Å². The van der Waals surface area contributed by atoms with Crippen LogP contribution < -0.4 is 31.3 Å². The maximum absolute atomic E-state index is 14.2. The summed E-state index contributed by atoms with van der Waals surface area (Å²) >= 11 is 0. The molecule has 3 aromatic carbocycles. The summed E-state index contributed by atoms with van der Waals surface area (Å²) < 4.78 is 42.7. The SMILES string of the molecule is CN(C)c1ccc(N(CNCC2CC2)C2(C(=O)O)C=C(C(F)(F)F)NN2c2cccc(CN)c2)c2ccccc12. The molecule has 0 aromatic heterocycles. The highest BCUT2D eigenvalue weighted by atomic mass is 19.4. The maximum atomic E-state index is 14.2. The van der Waals surface area contributed by atoms with E-state index in [1.807, 2.05) is 49.3 Å². The number of carbonyl (C=O) groups is 1. The van der Waals surface area contributed by atoms with Gasteiger partial charge in [-0.3, -0.25) is 10.7 Å². The number of fused-ring (bicyclic) bond motifs is 1. The molecule has 0 spiro atoms.